The van der Waals surface area contributed by atoms with Crippen molar-refractivity contribution in [3.05, 3.63) is 35.8 Å². The summed E-state index contributed by atoms with van der Waals surface area (Å²) in [7, 11) is 0. The molecule has 0 aromatic rings. The fourth-order valence-electron chi connectivity index (χ4n) is 2.16. The average molecular weight is 350 g/mol. The van der Waals surface area contributed by atoms with Crippen LogP contribution in [0.25, 0.3) is 0 Å². The minimum absolute atomic E-state index is 0.102. The standard InChI is InChI=1S/C21H34O4/c1-6-8-10-12-14-18(4)24-20(22)16-17(3)21(23)25-19(5)15-13-11-9-7-2/h14-15H,3,6-13,16H2,1-2,4-5H3. The molecule has 0 fully saturated rings. The van der Waals surface area contributed by atoms with E-state index in [9.17, 15) is 9.59 Å². The topological polar surface area (TPSA) is 52.6 Å². The second-order valence-corrected chi connectivity index (χ2v) is 6.27. The Morgan fingerprint density at radius 2 is 1.32 bits per heavy atom. The lowest BCUT2D eigenvalue weighted by Crippen LogP contribution is -2.12. The maximum atomic E-state index is 11.9. The molecule has 0 aliphatic carbocycles. The summed E-state index contributed by atoms with van der Waals surface area (Å²) in [4.78, 5) is 23.8. The lowest BCUT2D eigenvalue weighted by Gasteiger charge is -2.08. The molecule has 0 rings (SSSR count). The Morgan fingerprint density at radius 3 is 1.80 bits per heavy atom. The van der Waals surface area contributed by atoms with Crippen LogP contribution in [-0.4, -0.2) is 11.9 Å². The third kappa shape index (κ3) is 13.2. The molecule has 0 aliphatic rings. The lowest BCUT2D eigenvalue weighted by molar-refractivity contribution is -0.142. The molecule has 0 unspecified atom stereocenters. The average Bonchev–Trinajstić information content (AvgIpc) is 2.55. The number of allylic oxidation sites excluding steroid dienone is 4. The molecule has 0 saturated carbocycles. The Balaban J connectivity index is 4.20. The minimum Gasteiger partial charge on any atom is -0.431 e. The summed E-state index contributed by atoms with van der Waals surface area (Å²) >= 11 is 0. The van der Waals surface area contributed by atoms with E-state index in [-0.39, 0.29) is 12.0 Å². The number of unbranched alkanes of at least 4 members (excludes halogenated alkanes) is 6. The van der Waals surface area contributed by atoms with Gasteiger partial charge in [-0.05, 0) is 51.7 Å². The van der Waals surface area contributed by atoms with E-state index < -0.39 is 11.9 Å². The predicted molar refractivity (Wildman–Crippen MR) is 102 cm³/mol. The van der Waals surface area contributed by atoms with Crippen molar-refractivity contribution >= 4 is 11.9 Å². The largest absolute Gasteiger partial charge is 0.431 e. The first-order valence-electron chi connectivity index (χ1n) is 9.34. The van der Waals surface area contributed by atoms with Crippen molar-refractivity contribution in [2.45, 2.75) is 85.5 Å². The number of hydrogen-bond acceptors (Lipinski definition) is 4. The molecular formula is C21H34O4. The van der Waals surface area contributed by atoms with Gasteiger partial charge in [-0.25, -0.2) is 4.79 Å². The number of hydrogen-bond donors (Lipinski definition) is 0. The molecule has 0 aromatic heterocycles. The molecule has 0 spiro atoms. The van der Waals surface area contributed by atoms with Crippen LogP contribution < -0.4 is 0 Å². The first kappa shape index (κ1) is 23.2. The number of ether oxygens (including phenoxy) is 2. The Hall–Kier alpha value is -1.84. The fourth-order valence-corrected chi connectivity index (χ4v) is 2.16. The molecule has 0 saturated heterocycles. The second-order valence-electron chi connectivity index (χ2n) is 6.27. The normalized spacial score (nSPS) is 12.0. The van der Waals surface area contributed by atoms with Gasteiger partial charge in [-0.15, -0.1) is 0 Å². The van der Waals surface area contributed by atoms with Crippen LogP contribution in [0.2, 0.25) is 0 Å². The van der Waals surface area contributed by atoms with Gasteiger partial charge in [0, 0.05) is 5.57 Å². The van der Waals surface area contributed by atoms with Gasteiger partial charge in [-0.2, -0.15) is 0 Å². The van der Waals surface area contributed by atoms with Crippen LogP contribution in [0.15, 0.2) is 35.8 Å². The van der Waals surface area contributed by atoms with Crippen LogP contribution >= 0.6 is 0 Å². The van der Waals surface area contributed by atoms with Crippen molar-refractivity contribution in [3.8, 4) is 0 Å². The second kappa shape index (κ2) is 14.5. The summed E-state index contributed by atoms with van der Waals surface area (Å²) < 4.78 is 10.4. The zero-order valence-electron chi connectivity index (χ0n) is 16.4. The first-order valence-corrected chi connectivity index (χ1v) is 9.34. The molecule has 0 N–H and O–H groups in total. The summed E-state index contributed by atoms with van der Waals surface area (Å²) in [5.41, 5.74) is 0.102. The maximum absolute atomic E-state index is 11.9. The molecule has 0 aliphatic heterocycles. The van der Waals surface area contributed by atoms with Crippen molar-refractivity contribution in [1.29, 1.82) is 0 Å². The van der Waals surface area contributed by atoms with Crippen molar-refractivity contribution < 1.29 is 19.1 Å². The molecule has 25 heavy (non-hydrogen) atoms. The zero-order valence-corrected chi connectivity index (χ0v) is 16.4. The maximum Gasteiger partial charge on any atom is 0.339 e. The Morgan fingerprint density at radius 1 is 0.840 bits per heavy atom. The van der Waals surface area contributed by atoms with Gasteiger partial charge in [-0.1, -0.05) is 46.1 Å². The molecule has 0 amide bonds. The van der Waals surface area contributed by atoms with Gasteiger partial charge < -0.3 is 9.47 Å². The van der Waals surface area contributed by atoms with Crippen molar-refractivity contribution in [2.75, 3.05) is 0 Å². The summed E-state index contributed by atoms with van der Waals surface area (Å²) in [6.45, 7) is 11.4. The number of esters is 2. The van der Waals surface area contributed by atoms with E-state index in [2.05, 4.69) is 20.4 Å². The van der Waals surface area contributed by atoms with Gasteiger partial charge in [-0.3, -0.25) is 4.79 Å². The Bertz CT molecular complexity index is 486. The molecule has 0 radical (unpaired) electrons. The van der Waals surface area contributed by atoms with E-state index >= 15 is 0 Å². The van der Waals surface area contributed by atoms with Crippen molar-refractivity contribution in [1.82, 2.24) is 0 Å². The van der Waals surface area contributed by atoms with E-state index in [4.69, 9.17) is 9.47 Å². The molecular weight excluding hydrogens is 316 g/mol. The molecule has 0 aromatic carbocycles. The molecule has 0 atom stereocenters. The van der Waals surface area contributed by atoms with Crippen LogP contribution in [0, 0.1) is 0 Å². The molecule has 142 valence electrons. The van der Waals surface area contributed by atoms with Gasteiger partial charge >= 0.3 is 11.9 Å². The van der Waals surface area contributed by atoms with Crippen molar-refractivity contribution in [2.24, 2.45) is 0 Å². The minimum atomic E-state index is -0.578. The third-order valence-corrected chi connectivity index (χ3v) is 3.65. The van der Waals surface area contributed by atoms with Gasteiger partial charge in [0.1, 0.15) is 11.5 Å². The van der Waals surface area contributed by atoms with Gasteiger partial charge in [0.15, 0.2) is 0 Å². The fraction of sp³-hybridized carbons (Fsp3) is 0.619. The van der Waals surface area contributed by atoms with Crippen LogP contribution in [0.5, 0.6) is 0 Å². The van der Waals surface area contributed by atoms with Crippen LogP contribution in [0.1, 0.15) is 85.5 Å². The van der Waals surface area contributed by atoms with Gasteiger partial charge in [0.2, 0.25) is 0 Å². The summed E-state index contributed by atoms with van der Waals surface area (Å²) in [5.74, 6) is 0.0402. The van der Waals surface area contributed by atoms with Crippen molar-refractivity contribution in [3.63, 3.8) is 0 Å². The highest BCUT2D eigenvalue weighted by Gasteiger charge is 2.15. The zero-order chi connectivity index (χ0) is 19.1. The van der Waals surface area contributed by atoms with Crippen LogP contribution in [0.4, 0.5) is 0 Å². The van der Waals surface area contributed by atoms with Crippen LogP contribution in [0.3, 0.4) is 0 Å². The van der Waals surface area contributed by atoms with Gasteiger partial charge in [0.25, 0.3) is 0 Å². The first-order chi connectivity index (χ1) is 11.9. The van der Waals surface area contributed by atoms with E-state index in [1.165, 1.54) is 0 Å². The number of carbonyl (C=O) groups is 2. The summed E-state index contributed by atoms with van der Waals surface area (Å²) in [6.07, 6.45) is 12.2. The molecule has 0 bridgehead atoms. The highest BCUT2D eigenvalue weighted by atomic mass is 16.5. The van der Waals surface area contributed by atoms with Crippen LogP contribution in [-0.2, 0) is 19.1 Å². The Kier molecular flexibility index (Phi) is 13.4. The summed E-state index contributed by atoms with van der Waals surface area (Å²) in [6, 6.07) is 0. The smallest absolute Gasteiger partial charge is 0.339 e. The van der Waals surface area contributed by atoms with Gasteiger partial charge in [0.05, 0.1) is 6.42 Å². The van der Waals surface area contributed by atoms with E-state index in [0.29, 0.717) is 11.5 Å². The van der Waals surface area contributed by atoms with E-state index in [1.807, 2.05) is 12.2 Å². The lowest BCUT2D eigenvalue weighted by atomic mass is 10.2. The molecule has 4 nitrogen and oxygen atoms in total. The third-order valence-electron chi connectivity index (χ3n) is 3.65. The SMILES string of the molecule is C=C(CC(=O)OC(C)=CCCCCC)C(=O)OC(C)=CCCCCC. The molecule has 4 heteroatoms. The quantitative estimate of drug-likeness (QED) is 0.177. The Labute approximate surface area is 153 Å². The monoisotopic (exact) mass is 350 g/mol. The number of rotatable bonds is 13. The number of carbonyl (C=O) groups excluding carboxylic acids is 2. The van der Waals surface area contributed by atoms with E-state index in [0.717, 1.165) is 51.4 Å². The predicted octanol–water partition coefficient (Wildman–Crippen LogP) is 5.99. The highest BCUT2D eigenvalue weighted by Crippen LogP contribution is 2.11. The summed E-state index contributed by atoms with van der Waals surface area (Å²) in [5, 5.41) is 0. The highest BCUT2D eigenvalue weighted by molar-refractivity contribution is 5.93. The molecule has 0 heterocycles. The van der Waals surface area contributed by atoms with E-state index in [1.54, 1.807) is 13.8 Å².